The van der Waals surface area contributed by atoms with Crippen LogP contribution >= 0.6 is 0 Å². The molecule has 0 unspecified atom stereocenters. The van der Waals surface area contributed by atoms with Gasteiger partial charge >= 0.3 is 11.9 Å². The second-order valence-electron chi connectivity index (χ2n) is 9.13. The molecule has 0 aliphatic rings. The highest BCUT2D eigenvalue weighted by atomic mass is 16.4. The summed E-state index contributed by atoms with van der Waals surface area (Å²) >= 11 is 0. The summed E-state index contributed by atoms with van der Waals surface area (Å²) in [7, 11) is 0. The standard InChI is InChI=1S/C26H32N4O10/c1-13(31)22(27)25(38)29-19(12-21(34)35)24(37)28-18(10-14-2-6-16(32)7-3-14)23(36)30-20(26(39)40)11-15-4-8-17(33)9-5-15/h2-9,13,18-20,22,31-33H,10-12,27H2,1H3,(H,28,37)(H,29,38)(H,30,36)(H,34,35)(H,39,40)/t13-,18+,19+,20+,22+/m1/s1. The van der Waals surface area contributed by atoms with E-state index in [4.69, 9.17) is 5.73 Å². The number of hydrogen-bond donors (Lipinski definition) is 9. The Bertz CT molecular complexity index is 1200. The van der Waals surface area contributed by atoms with Crippen LogP contribution in [0.5, 0.6) is 11.5 Å². The van der Waals surface area contributed by atoms with Gasteiger partial charge in [-0.2, -0.15) is 0 Å². The molecule has 0 fully saturated rings. The Morgan fingerprint density at radius 2 is 1.10 bits per heavy atom. The number of phenolic OH excluding ortho intramolecular Hbond substituents is 2. The summed E-state index contributed by atoms with van der Waals surface area (Å²) in [6, 6.07) is 5.24. The lowest BCUT2D eigenvalue weighted by atomic mass is 10.0. The van der Waals surface area contributed by atoms with Gasteiger partial charge in [-0.25, -0.2) is 4.79 Å². The predicted molar refractivity (Wildman–Crippen MR) is 139 cm³/mol. The van der Waals surface area contributed by atoms with E-state index in [0.29, 0.717) is 11.1 Å². The van der Waals surface area contributed by atoms with E-state index in [-0.39, 0.29) is 24.3 Å². The number of carbonyl (C=O) groups excluding carboxylic acids is 3. The summed E-state index contributed by atoms with van der Waals surface area (Å²) < 4.78 is 0. The van der Waals surface area contributed by atoms with Crippen LogP contribution in [-0.2, 0) is 36.8 Å². The number of carboxylic acids is 2. The zero-order chi connectivity index (χ0) is 30.0. The normalized spacial score (nSPS) is 14.6. The number of rotatable bonds is 14. The molecular weight excluding hydrogens is 528 g/mol. The Hall–Kier alpha value is -4.69. The molecule has 2 aromatic carbocycles. The molecule has 0 saturated heterocycles. The number of aliphatic carboxylic acids is 2. The van der Waals surface area contributed by atoms with Crippen LogP contribution in [0, 0.1) is 0 Å². The van der Waals surface area contributed by atoms with E-state index in [9.17, 15) is 49.5 Å². The molecule has 0 bridgehead atoms. The molecule has 0 spiro atoms. The van der Waals surface area contributed by atoms with Crippen LogP contribution in [0.3, 0.4) is 0 Å². The first-order chi connectivity index (χ1) is 18.8. The van der Waals surface area contributed by atoms with Gasteiger partial charge in [0.25, 0.3) is 0 Å². The van der Waals surface area contributed by atoms with Gasteiger partial charge in [-0.05, 0) is 42.3 Å². The lowest BCUT2D eigenvalue weighted by Gasteiger charge is -2.25. The predicted octanol–water partition coefficient (Wildman–Crippen LogP) is -1.40. The molecule has 0 aliphatic heterocycles. The fraction of sp³-hybridized carbons (Fsp3) is 0.346. The van der Waals surface area contributed by atoms with Crippen molar-refractivity contribution in [3.8, 4) is 11.5 Å². The first kappa shape index (κ1) is 31.5. The summed E-state index contributed by atoms with van der Waals surface area (Å²) in [6.45, 7) is 1.23. The maximum Gasteiger partial charge on any atom is 0.326 e. The van der Waals surface area contributed by atoms with Gasteiger partial charge in [0, 0.05) is 12.8 Å². The summed E-state index contributed by atoms with van der Waals surface area (Å²) in [6.07, 6.45) is -2.53. The number of amides is 3. The number of hydrogen-bond acceptors (Lipinski definition) is 9. The van der Waals surface area contributed by atoms with E-state index >= 15 is 0 Å². The number of phenols is 2. The number of aliphatic hydroxyl groups excluding tert-OH is 1. The maximum absolute atomic E-state index is 13.2. The number of nitrogens with one attached hydrogen (secondary N) is 3. The number of aliphatic hydroxyl groups is 1. The first-order valence-electron chi connectivity index (χ1n) is 12.1. The highest BCUT2D eigenvalue weighted by Crippen LogP contribution is 2.14. The van der Waals surface area contributed by atoms with Crippen LogP contribution in [0.2, 0.25) is 0 Å². The maximum atomic E-state index is 13.2. The number of carboxylic acid groups (broad SMARTS) is 2. The van der Waals surface area contributed by atoms with E-state index in [0.717, 1.165) is 0 Å². The molecule has 0 saturated carbocycles. The highest BCUT2D eigenvalue weighted by Gasteiger charge is 2.32. The van der Waals surface area contributed by atoms with Crippen molar-refractivity contribution in [1.29, 1.82) is 0 Å². The summed E-state index contributed by atoms with van der Waals surface area (Å²) in [5.41, 5.74) is 6.51. The van der Waals surface area contributed by atoms with Crippen LogP contribution in [0.25, 0.3) is 0 Å². The van der Waals surface area contributed by atoms with Crippen molar-refractivity contribution in [1.82, 2.24) is 16.0 Å². The summed E-state index contributed by atoms with van der Waals surface area (Å²) in [5, 5.41) is 54.3. The van der Waals surface area contributed by atoms with Gasteiger partial charge in [0.15, 0.2) is 0 Å². The van der Waals surface area contributed by atoms with Gasteiger partial charge in [-0.3, -0.25) is 19.2 Å². The largest absolute Gasteiger partial charge is 0.508 e. The SMILES string of the molecule is C[C@@H](O)[C@H](N)C(=O)N[C@@H](CC(=O)O)C(=O)N[C@@H](Cc1ccc(O)cc1)C(=O)N[C@@H](Cc1ccc(O)cc1)C(=O)O. The summed E-state index contributed by atoms with van der Waals surface area (Å²) in [4.78, 5) is 61.8. The minimum absolute atomic E-state index is 0.0336. The van der Waals surface area contributed by atoms with E-state index in [1.165, 1.54) is 55.5 Å². The number of aromatic hydroxyl groups is 2. The third-order valence-corrected chi connectivity index (χ3v) is 5.83. The summed E-state index contributed by atoms with van der Waals surface area (Å²) in [5.74, 6) is -5.92. The van der Waals surface area contributed by atoms with E-state index < -0.39 is 66.4 Å². The van der Waals surface area contributed by atoms with Gasteiger partial charge < -0.3 is 47.2 Å². The third kappa shape index (κ3) is 9.89. The van der Waals surface area contributed by atoms with Crippen LogP contribution < -0.4 is 21.7 Å². The second-order valence-corrected chi connectivity index (χ2v) is 9.13. The number of benzene rings is 2. The van der Waals surface area contributed by atoms with Crippen molar-refractivity contribution >= 4 is 29.7 Å². The monoisotopic (exact) mass is 560 g/mol. The Balaban J connectivity index is 2.29. The number of carbonyl (C=O) groups is 5. The fourth-order valence-electron chi connectivity index (χ4n) is 3.56. The zero-order valence-corrected chi connectivity index (χ0v) is 21.5. The van der Waals surface area contributed by atoms with Crippen molar-refractivity contribution < 1.29 is 49.5 Å². The van der Waals surface area contributed by atoms with Crippen molar-refractivity contribution in [2.24, 2.45) is 5.73 Å². The second kappa shape index (κ2) is 14.5. The van der Waals surface area contributed by atoms with Gasteiger partial charge in [0.05, 0.1) is 12.5 Å². The topological polar surface area (TPSA) is 249 Å². The molecule has 0 aliphatic carbocycles. The van der Waals surface area contributed by atoms with E-state index in [1.807, 2.05) is 0 Å². The molecule has 0 aromatic heterocycles. The fourth-order valence-corrected chi connectivity index (χ4v) is 3.56. The molecule has 14 nitrogen and oxygen atoms in total. The Kier molecular flexibility index (Phi) is 11.4. The first-order valence-corrected chi connectivity index (χ1v) is 12.1. The molecule has 0 heterocycles. The Morgan fingerprint density at radius 3 is 1.52 bits per heavy atom. The van der Waals surface area contributed by atoms with E-state index in [2.05, 4.69) is 16.0 Å². The average Bonchev–Trinajstić information content (AvgIpc) is 2.88. The zero-order valence-electron chi connectivity index (χ0n) is 21.5. The van der Waals surface area contributed by atoms with Crippen LogP contribution in [0.4, 0.5) is 0 Å². The molecule has 216 valence electrons. The molecule has 5 atom stereocenters. The molecule has 40 heavy (non-hydrogen) atoms. The van der Waals surface area contributed by atoms with Gasteiger partial charge in [-0.15, -0.1) is 0 Å². The Morgan fingerprint density at radius 1 is 0.700 bits per heavy atom. The molecule has 0 radical (unpaired) electrons. The van der Waals surface area contributed by atoms with Gasteiger partial charge in [0.1, 0.15) is 35.7 Å². The minimum atomic E-state index is -1.68. The van der Waals surface area contributed by atoms with Crippen LogP contribution in [0.1, 0.15) is 24.5 Å². The van der Waals surface area contributed by atoms with Gasteiger partial charge in [0.2, 0.25) is 17.7 Å². The van der Waals surface area contributed by atoms with Crippen molar-refractivity contribution in [3.63, 3.8) is 0 Å². The minimum Gasteiger partial charge on any atom is -0.508 e. The average molecular weight is 561 g/mol. The number of nitrogens with two attached hydrogens (primary N) is 1. The molecular formula is C26H32N4O10. The smallest absolute Gasteiger partial charge is 0.326 e. The van der Waals surface area contributed by atoms with Crippen molar-refractivity contribution in [2.75, 3.05) is 0 Å². The van der Waals surface area contributed by atoms with Crippen LogP contribution in [-0.4, -0.2) is 85.5 Å². The molecule has 3 amide bonds. The van der Waals surface area contributed by atoms with Crippen LogP contribution in [0.15, 0.2) is 48.5 Å². The van der Waals surface area contributed by atoms with Crippen molar-refractivity contribution in [3.05, 3.63) is 59.7 Å². The Labute approximate surface area is 228 Å². The van der Waals surface area contributed by atoms with E-state index in [1.54, 1.807) is 0 Å². The quantitative estimate of drug-likeness (QED) is 0.130. The lowest BCUT2D eigenvalue weighted by Crippen LogP contribution is -2.59. The molecule has 14 heteroatoms. The third-order valence-electron chi connectivity index (χ3n) is 5.83. The molecule has 10 N–H and O–H groups in total. The lowest BCUT2D eigenvalue weighted by molar-refractivity contribution is -0.143. The molecule has 2 aromatic rings. The van der Waals surface area contributed by atoms with Gasteiger partial charge in [-0.1, -0.05) is 24.3 Å². The highest BCUT2D eigenvalue weighted by molar-refractivity contribution is 5.95. The molecule has 2 rings (SSSR count). The van der Waals surface area contributed by atoms with Crippen molar-refractivity contribution in [2.45, 2.75) is 56.5 Å².